The van der Waals surface area contributed by atoms with E-state index in [1.165, 1.54) is 0 Å². The molecular formula is C32H45NO8. The molecule has 41 heavy (non-hydrogen) atoms. The number of nitrogens with zero attached hydrogens (tertiary/aromatic N) is 1. The molecule has 1 aliphatic heterocycles. The van der Waals surface area contributed by atoms with E-state index in [0.29, 0.717) is 30.8 Å². The number of carbonyl (C=O) groups is 1. The van der Waals surface area contributed by atoms with Gasteiger partial charge in [-0.15, -0.1) is 0 Å². The first-order valence-corrected chi connectivity index (χ1v) is 15.3. The molecule has 7 bridgehead atoms. The maximum absolute atomic E-state index is 13.6. The highest BCUT2D eigenvalue weighted by atomic mass is 16.6. The number of carbonyl (C=O) groups excluding carboxylic acids is 1. The van der Waals surface area contributed by atoms with Crippen molar-refractivity contribution in [2.45, 2.75) is 68.7 Å². The van der Waals surface area contributed by atoms with Crippen molar-refractivity contribution in [2.75, 3.05) is 48.1 Å². The zero-order chi connectivity index (χ0) is 28.9. The Bertz CT molecular complexity index is 1180. The van der Waals surface area contributed by atoms with Crippen LogP contribution < -0.4 is 4.74 Å². The molecule has 6 unspecified atom stereocenters. The Morgan fingerprint density at radius 2 is 1.83 bits per heavy atom. The molecule has 226 valence electrons. The maximum Gasteiger partial charge on any atom is 0.338 e. The van der Waals surface area contributed by atoms with E-state index in [4.69, 9.17) is 23.7 Å². The van der Waals surface area contributed by atoms with Crippen molar-refractivity contribution in [3.63, 3.8) is 0 Å². The minimum atomic E-state index is -1.17. The topological polar surface area (TPSA) is 107 Å². The molecule has 1 aromatic carbocycles. The van der Waals surface area contributed by atoms with Crippen LogP contribution in [0, 0.1) is 40.4 Å². The highest BCUT2D eigenvalue weighted by Gasteiger charge is 2.86. The summed E-state index contributed by atoms with van der Waals surface area (Å²) in [6.07, 6.45) is 1.21. The third-order valence-electron chi connectivity index (χ3n) is 12.7. The summed E-state index contributed by atoms with van der Waals surface area (Å²) in [5.74, 6) is -0.360. The average molecular weight is 572 g/mol. The molecule has 5 saturated carbocycles. The van der Waals surface area contributed by atoms with Gasteiger partial charge in [0.25, 0.3) is 0 Å². The molecule has 13 atom stereocenters. The lowest BCUT2D eigenvalue weighted by Crippen LogP contribution is -2.76. The first kappa shape index (κ1) is 28.0. The van der Waals surface area contributed by atoms with Crippen molar-refractivity contribution in [3.8, 4) is 5.75 Å². The van der Waals surface area contributed by atoms with Crippen LogP contribution in [0.4, 0.5) is 0 Å². The van der Waals surface area contributed by atoms with Crippen molar-refractivity contribution in [3.05, 3.63) is 29.8 Å². The number of rotatable bonds is 8. The number of hydrogen-bond acceptors (Lipinski definition) is 9. The molecule has 0 radical (unpaired) electrons. The van der Waals surface area contributed by atoms with Crippen LogP contribution in [0.15, 0.2) is 24.3 Å². The standard InChI is InChI=1S/C32H45NO8/c1-6-33-15-30(16-37-2)12-11-22(34)32-20-13-19-21(39-4)14-31(36,24(28(32)33)26(40-5)27(30)32)23(20)25(19)41-29(35)17-7-9-18(38-3)10-8-17/h7-10,19-28,34,36H,6,11-16H2,1-5H3/t19-,20?,21+,22+,23?,24+,25?,26?,27?,28?,30+,31-,32+/m1/s1. The molecule has 1 heterocycles. The molecule has 2 N–H and O–H groups in total. The largest absolute Gasteiger partial charge is 0.497 e. The van der Waals surface area contributed by atoms with Crippen LogP contribution in [-0.4, -0.2) is 105 Å². The maximum atomic E-state index is 13.6. The minimum Gasteiger partial charge on any atom is -0.497 e. The summed E-state index contributed by atoms with van der Waals surface area (Å²) in [6.45, 7) is 4.47. The van der Waals surface area contributed by atoms with Crippen molar-refractivity contribution in [1.82, 2.24) is 4.90 Å². The quantitative estimate of drug-likeness (QED) is 0.455. The van der Waals surface area contributed by atoms with E-state index >= 15 is 0 Å². The Hall–Kier alpha value is -1.75. The van der Waals surface area contributed by atoms with Crippen LogP contribution in [0.3, 0.4) is 0 Å². The van der Waals surface area contributed by atoms with Gasteiger partial charge in [0.05, 0.1) is 43.2 Å². The minimum absolute atomic E-state index is 0.0266. The Morgan fingerprint density at radius 1 is 1.07 bits per heavy atom. The summed E-state index contributed by atoms with van der Waals surface area (Å²) < 4.78 is 30.1. The van der Waals surface area contributed by atoms with Crippen LogP contribution in [0.2, 0.25) is 0 Å². The highest BCUT2D eigenvalue weighted by molar-refractivity contribution is 5.89. The number of esters is 1. The van der Waals surface area contributed by atoms with Gasteiger partial charge in [-0.2, -0.15) is 0 Å². The molecule has 9 heteroatoms. The molecule has 0 aromatic heterocycles. The second-order valence-electron chi connectivity index (χ2n) is 13.7. The SMILES string of the molecule is CCN1C[C@]2(COC)CC[C@H](O)[C@@]34C5C[C@H]6C(OC(=O)c7ccc(OC)cc7)C5[C@](O)(C[C@@H]6OC)[C@@H](C(OC)C23)C14. The summed E-state index contributed by atoms with van der Waals surface area (Å²) >= 11 is 0. The summed E-state index contributed by atoms with van der Waals surface area (Å²) in [7, 11) is 6.81. The van der Waals surface area contributed by atoms with Crippen molar-refractivity contribution in [2.24, 2.45) is 40.4 Å². The lowest BCUT2D eigenvalue weighted by atomic mass is 9.43. The van der Waals surface area contributed by atoms with Crippen molar-refractivity contribution >= 4 is 5.97 Å². The van der Waals surface area contributed by atoms with Crippen LogP contribution in [0.5, 0.6) is 5.75 Å². The molecule has 5 aliphatic carbocycles. The van der Waals surface area contributed by atoms with Gasteiger partial charge in [-0.1, -0.05) is 6.92 Å². The molecule has 9 nitrogen and oxygen atoms in total. The summed E-state index contributed by atoms with van der Waals surface area (Å²) in [5, 5.41) is 25.3. The van der Waals surface area contributed by atoms with E-state index in [1.807, 2.05) is 0 Å². The lowest BCUT2D eigenvalue weighted by Gasteiger charge is -2.68. The van der Waals surface area contributed by atoms with Crippen LogP contribution >= 0.6 is 0 Å². The van der Waals surface area contributed by atoms with E-state index in [-0.39, 0.29) is 53.3 Å². The lowest BCUT2D eigenvalue weighted by molar-refractivity contribution is -0.272. The molecule has 1 aromatic rings. The number of benzene rings is 1. The van der Waals surface area contributed by atoms with Gasteiger partial charge in [0.2, 0.25) is 0 Å². The Morgan fingerprint density at radius 3 is 2.46 bits per heavy atom. The smallest absolute Gasteiger partial charge is 0.338 e. The van der Waals surface area contributed by atoms with Gasteiger partial charge < -0.3 is 33.9 Å². The highest BCUT2D eigenvalue weighted by Crippen LogP contribution is 2.79. The Labute approximate surface area is 242 Å². The summed E-state index contributed by atoms with van der Waals surface area (Å²) in [5.41, 5.74) is -1.40. The van der Waals surface area contributed by atoms with Crippen molar-refractivity contribution in [1.29, 1.82) is 0 Å². The monoisotopic (exact) mass is 571 g/mol. The van der Waals surface area contributed by atoms with Crippen molar-refractivity contribution < 1.29 is 38.7 Å². The molecule has 1 saturated heterocycles. The number of methoxy groups -OCH3 is 4. The van der Waals surface area contributed by atoms with Crippen LogP contribution in [0.25, 0.3) is 0 Å². The van der Waals surface area contributed by atoms with E-state index in [2.05, 4.69) is 11.8 Å². The first-order chi connectivity index (χ1) is 19.7. The average Bonchev–Trinajstić information content (AvgIpc) is 3.42. The van der Waals surface area contributed by atoms with Gasteiger partial charge in [0.1, 0.15) is 11.9 Å². The molecule has 0 amide bonds. The second-order valence-corrected chi connectivity index (χ2v) is 13.7. The molecule has 6 fully saturated rings. The van der Waals surface area contributed by atoms with Gasteiger partial charge in [0, 0.05) is 74.8 Å². The van der Waals surface area contributed by atoms with Gasteiger partial charge >= 0.3 is 5.97 Å². The Balaban J connectivity index is 1.37. The Kier molecular flexibility index (Phi) is 6.59. The number of fused-ring (bicyclic) bond motifs is 2. The van der Waals surface area contributed by atoms with E-state index in [9.17, 15) is 15.0 Å². The van der Waals surface area contributed by atoms with E-state index < -0.39 is 29.2 Å². The zero-order valence-corrected chi connectivity index (χ0v) is 24.8. The fraction of sp³-hybridized carbons (Fsp3) is 0.781. The molecule has 6 aliphatic rings. The normalized spacial score (nSPS) is 49.1. The molecule has 7 rings (SSSR count). The first-order valence-electron chi connectivity index (χ1n) is 15.3. The molecular weight excluding hydrogens is 526 g/mol. The number of ether oxygens (including phenoxy) is 5. The summed E-state index contributed by atoms with van der Waals surface area (Å²) in [6, 6.07) is 6.91. The fourth-order valence-corrected chi connectivity index (χ4v) is 11.7. The second kappa shape index (κ2) is 9.63. The predicted molar refractivity (Wildman–Crippen MR) is 148 cm³/mol. The molecule has 1 spiro atoms. The third-order valence-corrected chi connectivity index (χ3v) is 12.7. The number of aliphatic hydroxyl groups excluding tert-OH is 1. The third kappa shape index (κ3) is 3.36. The number of likely N-dealkylation sites (tertiary alicyclic amines) is 1. The van der Waals surface area contributed by atoms with E-state index in [1.54, 1.807) is 52.7 Å². The van der Waals surface area contributed by atoms with Crippen LogP contribution in [-0.2, 0) is 18.9 Å². The number of aliphatic hydroxyl groups is 2. The van der Waals surface area contributed by atoms with Gasteiger partial charge in [-0.3, -0.25) is 4.90 Å². The van der Waals surface area contributed by atoms with Gasteiger partial charge in [0.15, 0.2) is 0 Å². The fourth-order valence-electron chi connectivity index (χ4n) is 11.7. The van der Waals surface area contributed by atoms with Crippen LogP contribution in [0.1, 0.15) is 43.0 Å². The number of piperidine rings is 1. The van der Waals surface area contributed by atoms with Gasteiger partial charge in [-0.25, -0.2) is 4.79 Å². The number of hydrogen-bond donors (Lipinski definition) is 2. The summed E-state index contributed by atoms with van der Waals surface area (Å²) in [4.78, 5) is 16.1. The zero-order valence-electron chi connectivity index (χ0n) is 24.8. The van der Waals surface area contributed by atoms with Gasteiger partial charge in [-0.05, 0) is 56.0 Å². The predicted octanol–water partition coefficient (Wildman–Crippen LogP) is 2.38. The van der Waals surface area contributed by atoms with E-state index in [0.717, 1.165) is 25.9 Å².